The molecule has 0 saturated heterocycles. The molecule has 0 saturated carbocycles. The van der Waals surface area contributed by atoms with Crippen LogP contribution in [0, 0.1) is 5.53 Å². The number of carbonyl (C=O) groups excluding carboxylic acids is 1. The van der Waals surface area contributed by atoms with Gasteiger partial charge in [-0.2, -0.15) is 0 Å². The van der Waals surface area contributed by atoms with E-state index in [2.05, 4.69) is 10.0 Å². The lowest BCUT2D eigenvalue weighted by molar-refractivity contribution is -0.306. The Bertz CT molecular complexity index is 595. The number of carboxylic acid groups (broad SMARTS) is 1. The molecule has 0 amide bonds. The highest BCUT2D eigenvalue weighted by molar-refractivity contribution is 5.64. The van der Waals surface area contributed by atoms with Crippen molar-refractivity contribution in [3.8, 4) is 0 Å². The minimum atomic E-state index is -1.13. The van der Waals surface area contributed by atoms with Crippen molar-refractivity contribution in [1.29, 1.82) is 5.53 Å². The second kappa shape index (κ2) is 39.3. The van der Waals surface area contributed by atoms with Crippen molar-refractivity contribution >= 4 is 5.97 Å². The maximum atomic E-state index is 10.2. The first-order valence-corrected chi connectivity index (χ1v) is 14.9. The summed E-state index contributed by atoms with van der Waals surface area (Å²) in [7, 11) is 0. The monoisotopic (exact) mass is 643 g/mol. The van der Waals surface area contributed by atoms with Gasteiger partial charge in [0.15, 0.2) is 0 Å². The molecule has 0 aliphatic carbocycles. The third-order valence-corrected chi connectivity index (χ3v) is 4.95. The fourth-order valence-corrected chi connectivity index (χ4v) is 2.83. The number of nitrogens with one attached hydrogen (secondary N) is 1. The van der Waals surface area contributed by atoms with Crippen LogP contribution in [0.4, 0.5) is 0 Å². The molecule has 0 bridgehead atoms. The number of carbonyl (C=O) groups is 1. The van der Waals surface area contributed by atoms with Crippen molar-refractivity contribution in [2.24, 2.45) is 5.11 Å². The maximum Gasteiger partial charge on any atom is 0.214 e. The van der Waals surface area contributed by atoms with Crippen molar-refractivity contribution in [2.75, 3.05) is 165 Å². The highest BCUT2D eigenvalue weighted by atomic mass is 16.6. The average Bonchev–Trinajstić information content (AvgIpc) is 3.02. The number of carboxylic acids is 1. The van der Waals surface area contributed by atoms with Gasteiger partial charge in [-0.3, -0.25) is 0 Å². The molecule has 17 heteroatoms. The molecule has 0 heterocycles. The minimum Gasteiger partial charge on any atom is -0.550 e. The number of hydrogen-bond donors (Lipinski definition) is 1. The van der Waals surface area contributed by atoms with Crippen LogP contribution >= 0.6 is 0 Å². The lowest BCUT2D eigenvalue weighted by Crippen LogP contribution is -2.24. The van der Waals surface area contributed by atoms with Crippen LogP contribution in [0.1, 0.15) is 6.42 Å². The topological polar surface area (TPSA) is 201 Å². The summed E-state index contributed by atoms with van der Waals surface area (Å²) in [6.07, 6.45) is -0.116. The zero-order valence-corrected chi connectivity index (χ0v) is 26.0. The molecule has 0 aliphatic rings. The molecule has 0 aromatic carbocycles. The first-order valence-electron chi connectivity index (χ1n) is 14.9. The Morgan fingerprint density at radius 3 is 0.818 bits per heavy atom. The Hall–Kier alpha value is -1.70. The number of rotatable bonds is 39. The lowest BCUT2D eigenvalue weighted by atomic mass is 10.5. The molecule has 0 atom stereocenters. The molecule has 44 heavy (non-hydrogen) atoms. The molecule has 260 valence electrons. The first-order chi connectivity index (χ1) is 21.8. The minimum absolute atomic E-state index is 0.116. The van der Waals surface area contributed by atoms with Crippen LogP contribution in [-0.2, 0) is 61.6 Å². The maximum absolute atomic E-state index is 10.2. The van der Waals surface area contributed by atoms with Crippen LogP contribution < -0.4 is 10.0 Å². The van der Waals surface area contributed by atoms with Gasteiger partial charge in [-0.15, -0.1) is 0 Å². The number of nitrogens with zero attached hydrogens (tertiary/aromatic N) is 2. The number of ether oxygens (including phenoxy) is 12. The molecule has 0 radical (unpaired) electrons. The van der Waals surface area contributed by atoms with E-state index in [4.69, 9.17) is 62.4 Å². The summed E-state index contributed by atoms with van der Waals surface area (Å²) < 4.78 is 64.4. The normalized spacial score (nSPS) is 11.2. The molecule has 0 aliphatic heterocycles. The van der Waals surface area contributed by atoms with E-state index in [-0.39, 0.29) is 13.0 Å². The van der Waals surface area contributed by atoms with Gasteiger partial charge in [-0.05, 0) is 0 Å². The van der Waals surface area contributed by atoms with E-state index in [1.807, 2.05) is 0 Å². The molecule has 0 fully saturated rings. The summed E-state index contributed by atoms with van der Waals surface area (Å²) in [5.74, 6) is -1.13. The standard InChI is InChI=1S/C27H53N3O14/c28-30-29-2-4-34-6-8-36-10-12-38-14-16-40-18-20-42-22-24-44-26-25-43-23-21-41-19-17-39-15-13-37-11-9-35-7-5-33-3-1-27(31)32/h28H,1-26H2. The summed E-state index contributed by atoms with van der Waals surface area (Å²) in [6.45, 7) is 11.2. The summed E-state index contributed by atoms with van der Waals surface area (Å²) in [4.78, 5) is 13.1. The van der Waals surface area contributed by atoms with Gasteiger partial charge < -0.3 is 66.7 Å². The van der Waals surface area contributed by atoms with Gasteiger partial charge in [0, 0.05) is 12.4 Å². The van der Waals surface area contributed by atoms with E-state index in [0.29, 0.717) is 159 Å². The van der Waals surface area contributed by atoms with Crippen LogP contribution in [0.5, 0.6) is 0 Å². The molecule has 0 aromatic heterocycles. The Morgan fingerprint density at radius 1 is 0.409 bits per heavy atom. The largest absolute Gasteiger partial charge is 0.550 e. The Balaban J connectivity index is 3.05. The quantitative estimate of drug-likeness (QED) is 0.0479. The zero-order valence-electron chi connectivity index (χ0n) is 26.0. The highest BCUT2D eigenvalue weighted by Gasteiger charge is 1.97. The third kappa shape index (κ3) is 40.3. The van der Waals surface area contributed by atoms with Crippen LogP contribution in [0.2, 0.25) is 0 Å². The Kier molecular flexibility index (Phi) is 37.8. The fourth-order valence-electron chi connectivity index (χ4n) is 2.83. The summed E-state index contributed by atoms with van der Waals surface area (Å²) in [5.41, 5.74) is 6.50. The summed E-state index contributed by atoms with van der Waals surface area (Å²) in [5, 5.41) is 13.7. The number of aliphatic carboxylic acids is 1. The third-order valence-electron chi connectivity index (χ3n) is 4.95. The van der Waals surface area contributed by atoms with Crippen molar-refractivity contribution in [3.05, 3.63) is 0 Å². The second-order valence-corrected chi connectivity index (χ2v) is 8.44. The zero-order chi connectivity index (χ0) is 31.9. The van der Waals surface area contributed by atoms with Crippen LogP contribution in [0.15, 0.2) is 5.11 Å². The predicted octanol–water partition coefficient (Wildman–Crippen LogP) is -1.12. The molecule has 0 spiro atoms. The van der Waals surface area contributed by atoms with Gasteiger partial charge >= 0.3 is 0 Å². The van der Waals surface area contributed by atoms with E-state index in [1.165, 1.54) is 0 Å². The van der Waals surface area contributed by atoms with Crippen molar-refractivity contribution in [2.45, 2.75) is 6.42 Å². The summed E-state index contributed by atoms with van der Waals surface area (Å²) >= 11 is 0. The van der Waals surface area contributed by atoms with Crippen LogP contribution in [0.3, 0.4) is 0 Å². The lowest BCUT2D eigenvalue weighted by Gasteiger charge is -2.09. The van der Waals surface area contributed by atoms with Gasteiger partial charge in [-0.25, -0.2) is 0 Å². The van der Waals surface area contributed by atoms with Crippen molar-refractivity contribution in [1.82, 2.24) is 4.91 Å². The molecule has 1 N–H and O–H groups in total. The van der Waals surface area contributed by atoms with Crippen molar-refractivity contribution < 1.29 is 66.7 Å². The second-order valence-electron chi connectivity index (χ2n) is 8.44. The summed E-state index contributed by atoms with van der Waals surface area (Å²) in [6, 6.07) is 0. The molecular formula is C27H53N3O14. The predicted molar refractivity (Wildman–Crippen MR) is 152 cm³/mol. The molecule has 0 unspecified atom stereocenters. The molecule has 0 aromatic rings. The van der Waals surface area contributed by atoms with Crippen LogP contribution in [0.25, 0.3) is 0 Å². The van der Waals surface area contributed by atoms with Crippen LogP contribution in [-0.4, -0.2) is 171 Å². The SMILES string of the molecule is N=[N+]=NCCOCCOCCOCCOCCOCCOCCOCCOCCOCCOCCOCCOCCC(=O)[O-]. The van der Waals surface area contributed by atoms with Gasteiger partial charge in [0.2, 0.25) is 4.91 Å². The average molecular weight is 644 g/mol. The van der Waals surface area contributed by atoms with Gasteiger partial charge in [0.25, 0.3) is 0 Å². The molecule has 0 rings (SSSR count). The Labute approximate surface area is 260 Å². The van der Waals surface area contributed by atoms with E-state index in [9.17, 15) is 9.90 Å². The Morgan fingerprint density at radius 2 is 0.614 bits per heavy atom. The van der Waals surface area contributed by atoms with Gasteiger partial charge in [0.1, 0.15) is 17.2 Å². The first kappa shape index (κ1) is 42.3. The van der Waals surface area contributed by atoms with Crippen molar-refractivity contribution in [3.63, 3.8) is 0 Å². The van der Waals surface area contributed by atoms with E-state index >= 15 is 0 Å². The number of hydrogen-bond acceptors (Lipinski definition) is 16. The van der Waals surface area contributed by atoms with E-state index in [1.54, 1.807) is 0 Å². The van der Waals surface area contributed by atoms with E-state index < -0.39 is 5.97 Å². The van der Waals surface area contributed by atoms with Gasteiger partial charge in [-0.1, -0.05) is 0 Å². The fraction of sp³-hybridized carbons (Fsp3) is 0.963. The van der Waals surface area contributed by atoms with E-state index in [0.717, 1.165) is 0 Å². The highest BCUT2D eigenvalue weighted by Crippen LogP contribution is 1.88. The smallest absolute Gasteiger partial charge is 0.214 e. The van der Waals surface area contributed by atoms with Gasteiger partial charge in [0.05, 0.1) is 159 Å². The molecular weight excluding hydrogens is 590 g/mol. The molecule has 17 nitrogen and oxygen atoms in total.